The lowest BCUT2D eigenvalue weighted by atomic mass is 10.0. The normalized spacial score (nSPS) is 18.2. The fraction of sp³-hybridized carbons (Fsp3) is 0.188. The van der Waals surface area contributed by atoms with Gasteiger partial charge >= 0.3 is 0 Å². The molecule has 3 rings (SSSR count). The fourth-order valence-corrected chi connectivity index (χ4v) is 3.57. The maximum atomic E-state index is 13.4. The van der Waals surface area contributed by atoms with E-state index in [-0.39, 0.29) is 17.8 Å². The van der Waals surface area contributed by atoms with Crippen LogP contribution in [-0.4, -0.2) is 11.7 Å². The van der Waals surface area contributed by atoms with E-state index in [0.29, 0.717) is 10.7 Å². The molecular formula is C16H14ClFN4S. The Morgan fingerprint density at radius 1 is 1.26 bits per heavy atom. The van der Waals surface area contributed by atoms with Gasteiger partial charge in [-0.05, 0) is 48.4 Å². The van der Waals surface area contributed by atoms with Crippen LogP contribution in [0.5, 0.6) is 0 Å². The Kier molecular flexibility index (Phi) is 4.93. The van der Waals surface area contributed by atoms with Crippen LogP contribution >= 0.6 is 23.4 Å². The number of aliphatic imine (C=N–C) groups is 1. The van der Waals surface area contributed by atoms with Crippen LogP contribution in [0.2, 0.25) is 5.02 Å². The van der Waals surface area contributed by atoms with Crippen molar-refractivity contribution < 1.29 is 4.39 Å². The molecule has 0 amide bonds. The van der Waals surface area contributed by atoms with Crippen molar-refractivity contribution in [2.75, 3.05) is 5.75 Å². The molecule has 1 aliphatic rings. The minimum Gasteiger partial charge on any atom is -0.366 e. The molecule has 0 saturated heterocycles. The largest absolute Gasteiger partial charge is 0.366 e. The van der Waals surface area contributed by atoms with E-state index < -0.39 is 0 Å². The lowest BCUT2D eigenvalue weighted by Crippen LogP contribution is -2.09. The molecule has 0 spiro atoms. The van der Waals surface area contributed by atoms with Crippen LogP contribution in [0.15, 0.2) is 62.6 Å². The molecule has 7 heteroatoms. The van der Waals surface area contributed by atoms with E-state index in [1.54, 1.807) is 42.1 Å². The Hall–Kier alpha value is -1.92. The zero-order chi connectivity index (χ0) is 16.2. The van der Waals surface area contributed by atoms with Crippen LogP contribution < -0.4 is 5.73 Å². The van der Waals surface area contributed by atoms with Gasteiger partial charge in [-0.25, -0.2) is 9.38 Å². The molecule has 2 aromatic carbocycles. The van der Waals surface area contributed by atoms with Crippen LogP contribution in [0.4, 0.5) is 10.1 Å². The zero-order valence-corrected chi connectivity index (χ0v) is 13.7. The van der Waals surface area contributed by atoms with E-state index in [1.165, 1.54) is 12.1 Å². The van der Waals surface area contributed by atoms with Gasteiger partial charge in [-0.3, -0.25) is 0 Å². The summed E-state index contributed by atoms with van der Waals surface area (Å²) in [5.41, 5.74) is 7.25. The molecule has 0 saturated carbocycles. The minimum absolute atomic E-state index is 0.0449. The molecule has 0 radical (unpaired) electrons. The minimum atomic E-state index is -0.271. The summed E-state index contributed by atoms with van der Waals surface area (Å²) in [5, 5.41) is 8.79. The molecule has 2 aromatic rings. The molecule has 4 nitrogen and oxygen atoms in total. The van der Waals surface area contributed by atoms with E-state index >= 15 is 0 Å². The van der Waals surface area contributed by atoms with Gasteiger partial charge in [0.2, 0.25) is 5.96 Å². The number of thioether (sulfide) groups is 1. The molecule has 1 heterocycles. The van der Waals surface area contributed by atoms with Gasteiger partial charge in [0, 0.05) is 15.7 Å². The maximum Gasteiger partial charge on any atom is 0.240 e. The van der Waals surface area contributed by atoms with Crippen molar-refractivity contribution in [3.63, 3.8) is 0 Å². The monoisotopic (exact) mass is 348 g/mol. The molecule has 0 aliphatic carbocycles. The number of guanidine groups is 1. The first-order valence-electron chi connectivity index (χ1n) is 7.04. The summed E-state index contributed by atoms with van der Waals surface area (Å²) >= 11 is 7.59. The summed E-state index contributed by atoms with van der Waals surface area (Å²) in [6.07, 6.45) is 0.787. The van der Waals surface area contributed by atoms with Crippen LogP contribution in [-0.2, 0) is 0 Å². The molecule has 23 heavy (non-hydrogen) atoms. The first kappa shape index (κ1) is 16.0. The Morgan fingerprint density at radius 2 is 2.13 bits per heavy atom. The third-order valence-corrected chi connectivity index (χ3v) is 4.69. The third kappa shape index (κ3) is 4.09. The average molecular weight is 349 g/mol. The van der Waals surface area contributed by atoms with Crippen molar-refractivity contribution in [1.29, 1.82) is 0 Å². The number of nitrogens with zero attached hydrogens (tertiary/aromatic N) is 3. The van der Waals surface area contributed by atoms with E-state index in [0.717, 1.165) is 22.6 Å². The van der Waals surface area contributed by atoms with Gasteiger partial charge in [0.1, 0.15) is 5.82 Å². The van der Waals surface area contributed by atoms with Gasteiger partial charge in [-0.15, -0.1) is 16.9 Å². The van der Waals surface area contributed by atoms with Crippen molar-refractivity contribution in [3.05, 3.63) is 58.9 Å². The summed E-state index contributed by atoms with van der Waals surface area (Å²) < 4.78 is 13.4. The van der Waals surface area contributed by atoms with Crippen LogP contribution in [0.1, 0.15) is 18.0 Å². The van der Waals surface area contributed by atoms with Gasteiger partial charge < -0.3 is 5.73 Å². The number of halogens is 2. The molecule has 2 N–H and O–H groups in total. The number of hydrogen-bond acceptors (Lipinski definition) is 3. The third-order valence-electron chi connectivity index (χ3n) is 3.33. The predicted octanol–water partition coefficient (Wildman–Crippen LogP) is 5.11. The lowest BCUT2D eigenvalue weighted by molar-refractivity contribution is 0.603. The highest BCUT2D eigenvalue weighted by Crippen LogP contribution is 2.38. The maximum absolute atomic E-state index is 13.4. The molecule has 1 atom stereocenters. The van der Waals surface area contributed by atoms with E-state index in [9.17, 15) is 4.39 Å². The molecule has 1 unspecified atom stereocenters. The molecule has 1 aliphatic heterocycles. The van der Waals surface area contributed by atoms with Crippen LogP contribution in [0.25, 0.3) is 0 Å². The Labute approximate surface area is 142 Å². The van der Waals surface area contributed by atoms with Gasteiger partial charge in [-0.2, -0.15) is 5.11 Å². The van der Waals surface area contributed by atoms with E-state index in [2.05, 4.69) is 15.2 Å². The Morgan fingerprint density at radius 3 is 2.96 bits per heavy atom. The molecule has 0 fully saturated rings. The number of rotatable bonds is 2. The summed E-state index contributed by atoms with van der Waals surface area (Å²) in [4.78, 5) is 5.18. The first-order valence-corrected chi connectivity index (χ1v) is 8.41. The molecule has 0 aromatic heterocycles. The van der Waals surface area contributed by atoms with Gasteiger partial charge in [0.15, 0.2) is 0 Å². The van der Waals surface area contributed by atoms with Crippen molar-refractivity contribution in [2.45, 2.75) is 17.4 Å². The highest BCUT2D eigenvalue weighted by molar-refractivity contribution is 7.99. The second-order valence-corrected chi connectivity index (χ2v) is 6.57. The average Bonchev–Trinajstić information content (AvgIpc) is 2.53. The van der Waals surface area contributed by atoms with Crippen molar-refractivity contribution in [1.82, 2.24) is 0 Å². The standard InChI is InChI=1S/C16H14ClFN4S/c17-10-2-1-3-12(8-10)20-16(19)22-21-14-6-7-23-15-5-4-11(18)9-13(14)15/h1-5,8-9,14H,6-7H2,(H2,19,20). The van der Waals surface area contributed by atoms with Crippen LogP contribution in [0.3, 0.4) is 0 Å². The van der Waals surface area contributed by atoms with Gasteiger partial charge in [0.25, 0.3) is 0 Å². The SMILES string of the molecule is NC(N=NC1CCSc2ccc(F)cc21)=Nc1cccc(Cl)c1. The second-order valence-electron chi connectivity index (χ2n) is 5.00. The summed E-state index contributed by atoms with van der Waals surface area (Å²) in [6, 6.07) is 11.5. The number of azo groups is 1. The van der Waals surface area contributed by atoms with E-state index in [1.807, 2.05) is 0 Å². The predicted molar refractivity (Wildman–Crippen MR) is 92.1 cm³/mol. The molecular weight excluding hydrogens is 335 g/mol. The Bertz CT molecular complexity index is 778. The highest BCUT2D eigenvalue weighted by Gasteiger charge is 2.21. The van der Waals surface area contributed by atoms with Crippen molar-refractivity contribution >= 4 is 35.0 Å². The topological polar surface area (TPSA) is 63.1 Å². The molecule has 118 valence electrons. The quantitative estimate of drug-likeness (QED) is 0.465. The Balaban J connectivity index is 1.80. The molecule has 0 bridgehead atoms. The summed E-state index contributed by atoms with van der Waals surface area (Å²) in [6.45, 7) is 0. The number of nitrogens with two attached hydrogens (primary N) is 1. The van der Waals surface area contributed by atoms with Crippen molar-refractivity contribution in [2.24, 2.45) is 21.0 Å². The lowest BCUT2D eigenvalue weighted by Gasteiger charge is -2.20. The number of benzene rings is 2. The van der Waals surface area contributed by atoms with Crippen molar-refractivity contribution in [3.8, 4) is 0 Å². The number of fused-ring (bicyclic) bond motifs is 1. The van der Waals surface area contributed by atoms with Gasteiger partial charge in [-0.1, -0.05) is 17.7 Å². The van der Waals surface area contributed by atoms with E-state index in [4.69, 9.17) is 17.3 Å². The fourth-order valence-electron chi connectivity index (χ4n) is 2.30. The highest BCUT2D eigenvalue weighted by atomic mass is 35.5. The number of hydrogen-bond donors (Lipinski definition) is 1. The summed E-state index contributed by atoms with van der Waals surface area (Å²) in [7, 11) is 0. The zero-order valence-electron chi connectivity index (χ0n) is 12.1. The first-order chi connectivity index (χ1) is 11.1. The second kappa shape index (κ2) is 7.10. The van der Waals surface area contributed by atoms with Crippen LogP contribution in [0, 0.1) is 5.82 Å². The van der Waals surface area contributed by atoms with Gasteiger partial charge in [0.05, 0.1) is 11.7 Å². The summed E-state index contributed by atoms with van der Waals surface area (Å²) in [5.74, 6) is 0.684. The smallest absolute Gasteiger partial charge is 0.240 e.